The second kappa shape index (κ2) is 6.04. The predicted molar refractivity (Wildman–Crippen MR) is 96.8 cm³/mol. The zero-order valence-corrected chi connectivity index (χ0v) is 14.2. The van der Waals surface area contributed by atoms with Crippen LogP contribution in [0, 0.1) is 0 Å². The van der Waals surface area contributed by atoms with E-state index in [0.29, 0.717) is 6.04 Å². The van der Waals surface area contributed by atoms with Crippen molar-refractivity contribution in [1.82, 2.24) is 5.32 Å². The molecule has 2 fully saturated rings. The van der Waals surface area contributed by atoms with Crippen molar-refractivity contribution >= 4 is 34.6 Å². The van der Waals surface area contributed by atoms with Gasteiger partial charge in [0.1, 0.15) is 0 Å². The van der Waals surface area contributed by atoms with E-state index in [4.69, 9.17) is 0 Å². The Morgan fingerprint density at radius 3 is 3.00 bits per heavy atom. The second-order valence-corrected chi connectivity index (χ2v) is 7.53. The van der Waals surface area contributed by atoms with Crippen LogP contribution in [0.4, 0.5) is 5.69 Å². The Bertz CT molecular complexity index is 704. The number of rotatable bonds is 2. The molecule has 1 amide bonds. The van der Waals surface area contributed by atoms with Gasteiger partial charge in [-0.1, -0.05) is 18.9 Å². The number of carbonyl (C=O) groups excluding carboxylic acids is 1. The summed E-state index contributed by atoms with van der Waals surface area (Å²) in [6, 6.07) is 6.84. The van der Waals surface area contributed by atoms with Gasteiger partial charge in [0.05, 0.1) is 10.9 Å². The SMILES string of the molecule is CN1CCc2cc(C=C3SC(=NC4CCCC4)NC3=O)ccc21. The summed E-state index contributed by atoms with van der Waals surface area (Å²) in [5, 5.41) is 3.68. The first-order valence-corrected chi connectivity index (χ1v) is 9.13. The van der Waals surface area contributed by atoms with E-state index in [0.717, 1.165) is 41.4 Å². The first kappa shape index (κ1) is 14.8. The van der Waals surface area contributed by atoms with Crippen LogP contribution in [0.5, 0.6) is 0 Å². The molecule has 4 rings (SSSR count). The number of carbonyl (C=O) groups is 1. The fourth-order valence-corrected chi connectivity index (χ4v) is 4.41. The first-order chi connectivity index (χ1) is 11.2. The van der Waals surface area contributed by atoms with Crippen LogP contribution in [0.3, 0.4) is 0 Å². The maximum atomic E-state index is 12.2. The zero-order chi connectivity index (χ0) is 15.8. The van der Waals surface area contributed by atoms with Gasteiger partial charge in [-0.3, -0.25) is 9.79 Å². The van der Waals surface area contributed by atoms with Crippen LogP contribution < -0.4 is 10.2 Å². The Kier molecular flexibility index (Phi) is 3.89. The van der Waals surface area contributed by atoms with Crippen molar-refractivity contribution in [2.24, 2.45) is 4.99 Å². The molecule has 2 heterocycles. The minimum Gasteiger partial charge on any atom is -0.374 e. The van der Waals surface area contributed by atoms with Crippen LogP contribution >= 0.6 is 11.8 Å². The van der Waals surface area contributed by atoms with E-state index >= 15 is 0 Å². The van der Waals surface area contributed by atoms with Crippen molar-refractivity contribution in [1.29, 1.82) is 0 Å². The molecule has 2 aliphatic heterocycles. The predicted octanol–water partition coefficient (Wildman–Crippen LogP) is 3.18. The number of amidine groups is 1. The average Bonchev–Trinajstić information content (AvgIpc) is 3.23. The Hall–Kier alpha value is -1.75. The van der Waals surface area contributed by atoms with Gasteiger partial charge in [0.25, 0.3) is 5.91 Å². The number of aliphatic imine (C=N–C) groups is 1. The summed E-state index contributed by atoms with van der Waals surface area (Å²) in [5.41, 5.74) is 3.77. The summed E-state index contributed by atoms with van der Waals surface area (Å²) < 4.78 is 0. The van der Waals surface area contributed by atoms with Crippen molar-refractivity contribution in [3.05, 3.63) is 34.2 Å². The van der Waals surface area contributed by atoms with E-state index < -0.39 is 0 Å². The molecular formula is C18H21N3OS. The van der Waals surface area contributed by atoms with Gasteiger partial charge in [-0.25, -0.2) is 0 Å². The number of fused-ring (bicyclic) bond motifs is 1. The highest BCUT2D eigenvalue weighted by atomic mass is 32.2. The largest absolute Gasteiger partial charge is 0.374 e. The lowest BCUT2D eigenvalue weighted by Crippen LogP contribution is -2.21. The van der Waals surface area contributed by atoms with Crippen molar-refractivity contribution < 1.29 is 4.79 Å². The van der Waals surface area contributed by atoms with Crippen LogP contribution in [-0.4, -0.2) is 30.7 Å². The number of thioether (sulfide) groups is 1. The lowest BCUT2D eigenvalue weighted by Gasteiger charge is -2.11. The van der Waals surface area contributed by atoms with Gasteiger partial charge in [-0.2, -0.15) is 0 Å². The third kappa shape index (κ3) is 3.02. The van der Waals surface area contributed by atoms with E-state index in [1.807, 2.05) is 6.08 Å². The van der Waals surface area contributed by atoms with E-state index in [1.54, 1.807) is 0 Å². The standard InChI is InChI=1S/C18H21N3OS/c1-21-9-8-13-10-12(6-7-15(13)21)11-16-17(22)20-18(23-16)19-14-4-2-3-5-14/h6-7,10-11,14H,2-5,8-9H2,1H3,(H,19,20,22). The number of hydrogen-bond donors (Lipinski definition) is 1. The summed E-state index contributed by atoms with van der Waals surface area (Å²) in [6.07, 6.45) is 7.87. The summed E-state index contributed by atoms with van der Waals surface area (Å²) in [5.74, 6) is -0.0237. The second-order valence-electron chi connectivity index (χ2n) is 6.50. The number of nitrogens with zero attached hydrogens (tertiary/aromatic N) is 2. The fourth-order valence-electron chi connectivity index (χ4n) is 3.52. The van der Waals surface area contributed by atoms with Crippen molar-refractivity contribution in [3.8, 4) is 0 Å². The Morgan fingerprint density at radius 1 is 1.35 bits per heavy atom. The van der Waals surface area contributed by atoms with Crippen molar-refractivity contribution in [2.75, 3.05) is 18.5 Å². The van der Waals surface area contributed by atoms with E-state index in [2.05, 4.69) is 40.5 Å². The minimum absolute atomic E-state index is 0.0237. The Balaban J connectivity index is 1.53. The maximum Gasteiger partial charge on any atom is 0.264 e. The maximum absolute atomic E-state index is 12.2. The average molecular weight is 327 g/mol. The summed E-state index contributed by atoms with van der Waals surface area (Å²) in [7, 11) is 2.12. The molecule has 23 heavy (non-hydrogen) atoms. The molecule has 1 saturated heterocycles. The lowest BCUT2D eigenvalue weighted by molar-refractivity contribution is -0.115. The smallest absolute Gasteiger partial charge is 0.264 e. The number of hydrogen-bond acceptors (Lipinski definition) is 4. The fraction of sp³-hybridized carbons (Fsp3) is 0.444. The normalized spacial score (nSPS) is 24.7. The zero-order valence-electron chi connectivity index (χ0n) is 13.3. The molecule has 5 heteroatoms. The van der Waals surface area contributed by atoms with Gasteiger partial charge < -0.3 is 10.2 Å². The van der Waals surface area contributed by atoms with Gasteiger partial charge in [0, 0.05) is 19.3 Å². The molecule has 0 spiro atoms. The van der Waals surface area contributed by atoms with Crippen LogP contribution in [0.25, 0.3) is 6.08 Å². The summed E-state index contributed by atoms with van der Waals surface area (Å²) >= 11 is 1.47. The van der Waals surface area contributed by atoms with Gasteiger partial charge in [0.15, 0.2) is 5.17 Å². The number of amides is 1. The number of nitrogens with one attached hydrogen (secondary N) is 1. The molecule has 0 unspecified atom stereocenters. The molecule has 3 aliphatic rings. The van der Waals surface area contributed by atoms with Gasteiger partial charge in [0.2, 0.25) is 0 Å². The summed E-state index contributed by atoms with van der Waals surface area (Å²) in [6.45, 7) is 1.07. The van der Waals surface area contributed by atoms with E-state index in [9.17, 15) is 4.79 Å². The van der Waals surface area contributed by atoms with Crippen LogP contribution in [0.15, 0.2) is 28.1 Å². The molecule has 0 bridgehead atoms. The number of likely N-dealkylation sites (N-methyl/N-ethyl adjacent to an activating group) is 1. The number of benzene rings is 1. The van der Waals surface area contributed by atoms with E-state index in [1.165, 1.54) is 35.9 Å². The molecule has 0 aromatic heterocycles. The molecule has 1 aliphatic carbocycles. The Morgan fingerprint density at radius 2 is 2.17 bits per heavy atom. The molecule has 1 aromatic carbocycles. The lowest BCUT2D eigenvalue weighted by atomic mass is 10.1. The van der Waals surface area contributed by atoms with Gasteiger partial charge in [-0.15, -0.1) is 0 Å². The highest BCUT2D eigenvalue weighted by Gasteiger charge is 2.26. The quantitative estimate of drug-likeness (QED) is 0.849. The minimum atomic E-state index is -0.0237. The molecule has 0 atom stereocenters. The summed E-state index contributed by atoms with van der Waals surface area (Å²) in [4.78, 5) is 19.9. The van der Waals surface area contributed by atoms with Gasteiger partial charge >= 0.3 is 0 Å². The Labute approximate surface area is 141 Å². The van der Waals surface area contributed by atoms with Crippen molar-refractivity contribution in [2.45, 2.75) is 38.1 Å². The van der Waals surface area contributed by atoms with Crippen LogP contribution in [-0.2, 0) is 11.2 Å². The van der Waals surface area contributed by atoms with Crippen LogP contribution in [0.2, 0.25) is 0 Å². The van der Waals surface area contributed by atoms with Crippen LogP contribution in [0.1, 0.15) is 36.8 Å². The first-order valence-electron chi connectivity index (χ1n) is 8.32. The molecule has 1 N–H and O–H groups in total. The van der Waals surface area contributed by atoms with Gasteiger partial charge in [-0.05, 0) is 60.4 Å². The highest BCUT2D eigenvalue weighted by Crippen LogP contribution is 2.31. The van der Waals surface area contributed by atoms with E-state index in [-0.39, 0.29) is 5.91 Å². The molecule has 120 valence electrons. The molecule has 0 radical (unpaired) electrons. The molecular weight excluding hydrogens is 306 g/mol. The topological polar surface area (TPSA) is 44.7 Å². The molecule has 4 nitrogen and oxygen atoms in total. The molecule has 1 aromatic rings. The number of anilines is 1. The molecule has 1 saturated carbocycles. The van der Waals surface area contributed by atoms with Crippen molar-refractivity contribution in [3.63, 3.8) is 0 Å². The monoisotopic (exact) mass is 327 g/mol. The highest BCUT2D eigenvalue weighted by molar-refractivity contribution is 8.18. The third-order valence-corrected chi connectivity index (χ3v) is 5.73. The third-order valence-electron chi connectivity index (χ3n) is 4.80.